The van der Waals surface area contributed by atoms with Crippen molar-refractivity contribution >= 4 is 18.1 Å². The van der Waals surface area contributed by atoms with Crippen LogP contribution < -0.4 is 4.74 Å². The number of methoxy groups -OCH3 is 1. The first-order valence-corrected chi connectivity index (χ1v) is 5.84. The molecule has 0 heterocycles. The fourth-order valence-electron chi connectivity index (χ4n) is 1.67. The molecule has 0 aromatic heterocycles. The molecule has 0 saturated heterocycles. The lowest BCUT2D eigenvalue weighted by Gasteiger charge is -2.00. The van der Waals surface area contributed by atoms with Crippen LogP contribution in [-0.4, -0.2) is 18.2 Å². The Morgan fingerprint density at radius 2 is 1.74 bits per heavy atom. The molecule has 0 aliphatic rings. The van der Waals surface area contributed by atoms with Gasteiger partial charge in [0.15, 0.2) is 0 Å². The minimum absolute atomic E-state index is 0.290. The molecule has 0 saturated carbocycles. The summed E-state index contributed by atoms with van der Waals surface area (Å²) in [7, 11) is 1.63. The summed E-state index contributed by atoms with van der Waals surface area (Å²) in [5.41, 5.74) is 2.27. The third kappa shape index (κ3) is 3.45. The maximum atomic E-state index is 10.7. The molecule has 2 aromatic rings. The Balaban J connectivity index is 2.15. The molecular weight excluding hydrogens is 240 g/mol. The van der Waals surface area contributed by atoms with Crippen molar-refractivity contribution in [1.82, 2.24) is 0 Å². The number of aromatic carboxylic acids is 1. The normalized spacial score (nSPS) is 10.6. The van der Waals surface area contributed by atoms with Gasteiger partial charge in [0.05, 0.1) is 12.7 Å². The number of carboxylic acids is 1. The number of hydrogen-bond acceptors (Lipinski definition) is 2. The fraction of sp³-hybridized carbons (Fsp3) is 0.0625. The highest BCUT2D eigenvalue weighted by Gasteiger charge is 2.00. The van der Waals surface area contributed by atoms with E-state index >= 15 is 0 Å². The Morgan fingerprint density at radius 1 is 1.05 bits per heavy atom. The first-order valence-electron chi connectivity index (χ1n) is 5.84. The van der Waals surface area contributed by atoms with E-state index in [4.69, 9.17) is 9.84 Å². The van der Waals surface area contributed by atoms with Crippen molar-refractivity contribution in [2.45, 2.75) is 0 Å². The van der Waals surface area contributed by atoms with E-state index in [0.717, 1.165) is 16.9 Å². The number of carbonyl (C=O) groups is 1. The monoisotopic (exact) mass is 254 g/mol. The Morgan fingerprint density at radius 3 is 2.37 bits per heavy atom. The molecule has 1 N–H and O–H groups in total. The van der Waals surface area contributed by atoms with Crippen LogP contribution in [0.2, 0.25) is 0 Å². The summed E-state index contributed by atoms with van der Waals surface area (Å²) in [4.78, 5) is 10.7. The van der Waals surface area contributed by atoms with Gasteiger partial charge >= 0.3 is 5.97 Å². The van der Waals surface area contributed by atoms with Gasteiger partial charge < -0.3 is 9.84 Å². The van der Waals surface area contributed by atoms with E-state index in [0.29, 0.717) is 5.56 Å². The molecule has 2 aromatic carbocycles. The summed E-state index contributed by atoms with van der Waals surface area (Å²) in [6.07, 6.45) is 3.89. The molecule has 3 heteroatoms. The van der Waals surface area contributed by atoms with Crippen LogP contribution >= 0.6 is 0 Å². The quantitative estimate of drug-likeness (QED) is 0.848. The number of hydrogen-bond donors (Lipinski definition) is 1. The van der Waals surface area contributed by atoms with Gasteiger partial charge in [-0.3, -0.25) is 0 Å². The molecule has 0 spiro atoms. The van der Waals surface area contributed by atoms with Crippen LogP contribution in [0.25, 0.3) is 12.2 Å². The summed E-state index contributed by atoms with van der Waals surface area (Å²) >= 11 is 0. The number of ether oxygens (including phenoxy) is 1. The molecule has 2 rings (SSSR count). The van der Waals surface area contributed by atoms with E-state index in [9.17, 15) is 4.79 Å². The first-order chi connectivity index (χ1) is 9.19. The third-order valence-electron chi connectivity index (χ3n) is 2.72. The van der Waals surface area contributed by atoms with Crippen LogP contribution in [0.5, 0.6) is 5.75 Å². The van der Waals surface area contributed by atoms with Gasteiger partial charge in [-0.15, -0.1) is 0 Å². The van der Waals surface area contributed by atoms with E-state index in [2.05, 4.69) is 0 Å². The highest BCUT2D eigenvalue weighted by Crippen LogP contribution is 2.15. The predicted octanol–water partition coefficient (Wildman–Crippen LogP) is 3.56. The number of rotatable bonds is 4. The second-order valence-electron chi connectivity index (χ2n) is 4.04. The Hall–Kier alpha value is -2.55. The highest BCUT2D eigenvalue weighted by molar-refractivity contribution is 5.88. The van der Waals surface area contributed by atoms with Gasteiger partial charge in [0.2, 0.25) is 0 Å². The van der Waals surface area contributed by atoms with Crippen molar-refractivity contribution < 1.29 is 14.6 Å². The lowest BCUT2D eigenvalue weighted by atomic mass is 10.1. The Labute approximate surface area is 111 Å². The molecule has 0 radical (unpaired) electrons. The molecule has 3 nitrogen and oxygen atoms in total. The Kier molecular flexibility index (Phi) is 3.98. The third-order valence-corrected chi connectivity index (χ3v) is 2.72. The average Bonchev–Trinajstić information content (AvgIpc) is 2.46. The second kappa shape index (κ2) is 5.87. The minimum atomic E-state index is -0.914. The summed E-state index contributed by atoms with van der Waals surface area (Å²) in [5.74, 6) is -0.105. The smallest absolute Gasteiger partial charge is 0.335 e. The van der Waals surface area contributed by atoms with Crippen molar-refractivity contribution in [3.8, 4) is 5.75 Å². The van der Waals surface area contributed by atoms with Gasteiger partial charge in [-0.2, -0.15) is 0 Å². The molecule has 0 aliphatic heterocycles. The molecule has 96 valence electrons. The van der Waals surface area contributed by atoms with Crippen molar-refractivity contribution in [3.63, 3.8) is 0 Å². The highest BCUT2D eigenvalue weighted by atomic mass is 16.5. The van der Waals surface area contributed by atoms with Crippen LogP contribution in [0.1, 0.15) is 21.5 Å². The predicted molar refractivity (Wildman–Crippen MR) is 75.3 cm³/mol. The molecule has 0 unspecified atom stereocenters. The number of carboxylic acid groups (broad SMARTS) is 1. The zero-order chi connectivity index (χ0) is 13.7. The average molecular weight is 254 g/mol. The van der Waals surface area contributed by atoms with Crippen LogP contribution in [0.3, 0.4) is 0 Å². The van der Waals surface area contributed by atoms with Crippen molar-refractivity contribution in [1.29, 1.82) is 0 Å². The van der Waals surface area contributed by atoms with Gasteiger partial charge in [-0.25, -0.2) is 4.79 Å². The summed E-state index contributed by atoms with van der Waals surface area (Å²) in [6.45, 7) is 0. The first kappa shape index (κ1) is 12.9. The van der Waals surface area contributed by atoms with Crippen LogP contribution in [0, 0.1) is 0 Å². The summed E-state index contributed by atoms with van der Waals surface area (Å²) in [6, 6.07) is 14.5. The van der Waals surface area contributed by atoms with E-state index in [1.807, 2.05) is 36.4 Å². The van der Waals surface area contributed by atoms with Gasteiger partial charge in [-0.1, -0.05) is 36.4 Å². The molecular formula is C16H14O3. The van der Waals surface area contributed by atoms with Crippen LogP contribution in [0.4, 0.5) is 0 Å². The van der Waals surface area contributed by atoms with E-state index < -0.39 is 5.97 Å². The second-order valence-corrected chi connectivity index (χ2v) is 4.04. The maximum Gasteiger partial charge on any atom is 0.335 e. The van der Waals surface area contributed by atoms with E-state index in [1.165, 1.54) is 0 Å². The molecule has 0 amide bonds. The molecule has 0 fully saturated rings. The van der Waals surface area contributed by atoms with E-state index in [1.54, 1.807) is 31.4 Å². The fourth-order valence-corrected chi connectivity index (χ4v) is 1.67. The molecule has 0 bridgehead atoms. The SMILES string of the molecule is COc1cccc(/C=C/c2ccc(C(=O)O)cc2)c1. The zero-order valence-corrected chi connectivity index (χ0v) is 10.5. The van der Waals surface area contributed by atoms with Crippen molar-refractivity contribution in [3.05, 3.63) is 65.2 Å². The largest absolute Gasteiger partial charge is 0.497 e. The van der Waals surface area contributed by atoms with Crippen LogP contribution in [-0.2, 0) is 0 Å². The molecule has 19 heavy (non-hydrogen) atoms. The summed E-state index contributed by atoms with van der Waals surface area (Å²) < 4.78 is 5.15. The van der Waals surface area contributed by atoms with Gasteiger partial charge in [-0.05, 0) is 35.4 Å². The minimum Gasteiger partial charge on any atom is -0.497 e. The summed E-state index contributed by atoms with van der Waals surface area (Å²) in [5, 5.41) is 8.81. The maximum absolute atomic E-state index is 10.7. The lowest BCUT2D eigenvalue weighted by molar-refractivity contribution is 0.0697. The molecule has 0 atom stereocenters. The van der Waals surface area contributed by atoms with Crippen LogP contribution in [0.15, 0.2) is 48.5 Å². The van der Waals surface area contributed by atoms with Gasteiger partial charge in [0.25, 0.3) is 0 Å². The lowest BCUT2D eigenvalue weighted by Crippen LogP contribution is -1.94. The van der Waals surface area contributed by atoms with E-state index in [-0.39, 0.29) is 0 Å². The topological polar surface area (TPSA) is 46.5 Å². The standard InChI is InChI=1S/C16H14O3/c1-19-15-4-2-3-13(11-15)6-5-12-7-9-14(10-8-12)16(17)18/h2-11H,1H3,(H,17,18)/b6-5+. The molecule has 0 aliphatic carbocycles. The van der Waals surface area contributed by atoms with Gasteiger partial charge in [0, 0.05) is 0 Å². The van der Waals surface area contributed by atoms with Gasteiger partial charge in [0.1, 0.15) is 5.75 Å². The zero-order valence-electron chi connectivity index (χ0n) is 10.5. The van der Waals surface area contributed by atoms with Crippen molar-refractivity contribution in [2.75, 3.05) is 7.11 Å². The van der Waals surface area contributed by atoms with Crippen molar-refractivity contribution in [2.24, 2.45) is 0 Å². The Bertz CT molecular complexity index is 598. The number of benzene rings is 2.